The van der Waals surface area contributed by atoms with Crippen LogP contribution < -0.4 is 15.5 Å². The first-order valence-electron chi connectivity index (χ1n) is 11.9. The number of pyridine rings is 1. The van der Waals surface area contributed by atoms with Gasteiger partial charge in [0.05, 0.1) is 15.6 Å². The maximum Gasteiger partial charge on any atom is 0.326 e. The Labute approximate surface area is 219 Å². The summed E-state index contributed by atoms with van der Waals surface area (Å²) in [5.74, 6) is -0.333. The molecule has 2 aromatic carbocycles. The van der Waals surface area contributed by atoms with E-state index in [0.717, 1.165) is 55.2 Å². The zero-order valence-corrected chi connectivity index (χ0v) is 21.0. The van der Waals surface area contributed by atoms with E-state index in [1.807, 2.05) is 24.3 Å². The van der Waals surface area contributed by atoms with Crippen LogP contribution in [0.5, 0.6) is 0 Å². The van der Waals surface area contributed by atoms with Gasteiger partial charge in [-0.25, -0.2) is 9.78 Å². The van der Waals surface area contributed by atoms with Crippen LogP contribution in [0.2, 0.25) is 10.0 Å². The van der Waals surface area contributed by atoms with Crippen molar-refractivity contribution in [1.82, 2.24) is 10.3 Å². The van der Waals surface area contributed by atoms with Crippen molar-refractivity contribution < 1.29 is 14.7 Å². The predicted molar refractivity (Wildman–Crippen MR) is 141 cm³/mol. The molecule has 0 spiro atoms. The Morgan fingerprint density at radius 2 is 1.81 bits per heavy atom. The summed E-state index contributed by atoms with van der Waals surface area (Å²) in [5.41, 5.74) is 4.36. The fraction of sp³-hybridized carbons (Fsp3) is 0.296. The van der Waals surface area contributed by atoms with Gasteiger partial charge in [-0.2, -0.15) is 0 Å². The van der Waals surface area contributed by atoms with E-state index in [-0.39, 0.29) is 22.0 Å². The van der Waals surface area contributed by atoms with Crippen molar-refractivity contribution in [2.24, 2.45) is 0 Å². The highest BCUT2D eigenvalue weighted by Crippen LogP contribution is 2.33. The van der Waals surface area contributed by atoms with Gasteiger partial charge in [0.2, 0.25) is 0 Å². The minimum Gasteiger partial charge on any atom is -0.480 e. The minimum atomic E-state index is -1.13. The molecule has 2 aliphatic heterocycles. The van der Waals surface area contributed by atoms with Gasteiger partial charge in [0.15, 0.2) is 0 Å². The van der Waals surface area contributed by atoms with Gasteiger partial charge in [-0.1, -0.05) is 47.5 Å². The predicted octanol–water partition coefficient (Wildman–Crippen LogP) is 4.78. The number of aryl methyl sites for hydroxylation is 1. The van der Waals surface area contributed by atoms with E-state index in [4.69, 9.17) is 28.2 Å². The van der Waals surface area contributed by atoms with Gasteiger partial charge in [0, 0.05) is 43.4 Å². The number of carbonyl (C=O) groups is 2. The number of hydrogen-bond donors (Lipinski definition) is 3. The van der Waals surface area contributed by atoms with Crippen LogP contribution in [-0.2, 0) is 17.6 Å². The Hall–Kier alpha value is -3.29. The first-order valence-corrected chi connectivity index (χ1v) is 12.7. The second-order valence-corrected chi connectivity index (χ2v) is 10.0. The van der Waals surface area contributed by atoms with Crippen LogP contribution in [0.25, 0.3) is 0 Å². The number of hydrogen-bond acceptors (Lipinski definition) is 5. The number of carboxylic acid groups (broad SMARTS) is 1. The molecule has 1 saturated heterocycles. The van der Waals surface area contributed by atoms with Crippen molar-refractivity contribution in [3.05, 3.63) is 87.0 Å². The summed E-state index contributed by atoms with van der Waals surface area (Å²) < 4.78 is 0. The number of amides is 1. The van der Waals surface area contributed by atoms with Crippen LogP contribution in [0.15, 0.2) is 54.6 Å². The molecule has 1 aromatic heterocycles. The van der Waals surface area contributed by atoms with Gasteiger partial charge < -0.3 is 20.6 Å². The lowest BCUT2D eigenvalue weighted by Crippen LogP contribution is -2.45. The van der Waals surface area contributed by atoms with Crippen molar-refractivity contribution in [3.63, 3.8) is 0 Å². The third kappa shape index (κ3) is 5.13. The number of aliphatic carboxylic acids is 1. The van der Waals surface area contributed by atoms with Crippen LogP contribution in [0, 0.1) is 0 Å². The van der Waals surface area contributed by atoms with E-state index in [2.05, 4.69) is 27.7 Å². The maximum absolute atomic E-state index is 12.6. The molecule has 1 fully saturated rings. The highest BCUT2D eigenvalue weighted by atomic mass is 35.5. The van der Waals surface area contributed by atoms with E-state index < -0.39 is 17.9 Å². The highest BCUT2D eigenvalue weighted by molar-refractivity contribution is 6.39. The average Bonchev–Trinajstić information content (AvgIpc) is 2.83. The quantitative estimate of drug-likeness (QED) is 0.411. The summed E-state index contributed by atoms with van der Waals surface area (Å²) in [5, 5.41) is 15.9. The molecule has 5 rings (SSSR count). The Kier molecular flexibility index (Phi) is 7.03. The number of fused-ring (bicyclic) bond motifs is 1. The second-order valence-electron chi connectivity index (χ2n) is 9.21. The zero-order valence-electron chi connectivity index (χ0n) is 19.5. The molecular formula is C27H26Cl2N4O3. The number of nitrogens with zero attached hydrogens (tertiary/aromatic N) is 2. The third-order valence-corrected chi connectivity index (χ3v) is 7.38. The Morgan fingerprint density at radius 3 is 2.50 bits per heavy atom. The lowest BCUT2D eigenvalue weighted by molar-refractivity contribution is -0.139. The number of aromatic nitrogens is 1. The van der Waals surface area contributed by atoms with Crippen molar-refractivity contribution in [3.8, 4) is 0 Å². The van der Waals surface area contributed by atoms with Gasteiger partial charge in [0.25, 0.3) is 5.91 Å². The first kappa shape index (κ1) is 24.4. The number of benzene rings is 2. The number of carbonyl (C=O) groups excluding carboxylic acids is 1. The molecular weight excluding hydrogens is 499 g/mol. The van der Waals surface area contributed by atoms with Crippen LogP contribution in [0.1, 0.15) is 39.5 Å². The van der Waals surface area contributed by atoms with E-state index >= 15 is 0 Å². The fourth-order valence-electron chi connectivity index (χ4n) is 4.67. The number of rotatable bonds is 7. The smallest absolute Gasteiger partial charge is 0.326 e. The largest absolute Gasteiger partial charge is 0.480 e. The lowest BCUT2D eigenvalue weighted by Gasteiger charge is -2.41. The Bertz CT molecular complexity index is 1270. The molecule has 3 aromatic rings. The molecule has 0 bridgehead atoms. The van der Waals surface area contributed by atoms with Gasteiger partial charge >= 0.3 is 5.97 Å². The normalized spacial score (nSPS) is 15.9. The third-order valence-electron chi connectivity index (χ3n) is 6.75. The molecule has 2 aliphatic rings. The summed E-state index contributed by atoms with van der Waals surface area (Å²) in [7, 11) is 0. The average molecular weight is 525 g/mol. The van der Waals surface area contributed by atoms with Crippen LogP contribution >= 0.6 is 23.2 Å². The second kappa shape index (κ2) is 10.4. The van der Waals surface area contributed by atoms with Crippen molar-refractivity contribution >= 4 is 46.6 Å². The van der Waals surface area contributed by atoms with Gasteiger partial charge in [0.1, 0.15) is 11.9 Å². The molecule has 0 saturated carbocycles. The molecule has 7 nitrogen and oxygen atoms in total. The van der Waals surface area contributed by atoms with E-state index in [0.29, 0.717) is 5.92 Å². The van der Waals surface area contributed by atoms with Crippen molar-refractivity contribution in [2.75, 3.05) is 29.9 Å². The fourth-order valence-corrected chi connectivity index (χ4v) is 5.24. The molecule has 1 atom stereocenters. The molecule has 0 radical (unpaired) electrons. The van der Waals surface area contributed by atoms with Crippen molar-refractivity contribution in [2.45, 2.75) is 31.2 Å². The number of nitrogens with one attached hydrogen (secondary N) is 2. The van der Waals surface area contributed by atoms with E-state index in [1.54, 1.807) is 6.07 Å². The van der Waals surface area contributed by atoms with Crippen LogP contribution in [0.3, 0.4) is 0 Å². The molecule has 36 heavy (non-hydrogen) atoms. The summed E-state index contributed by atoms with van der Waals surface area (Å²) >= 11 is 12.2. The van der Waals surface area contributed by atoms with E-state index in [1.165, 1.54) is 17.7 Å². The van der Waals surface area contributed by atoms with Gasteiger partial charge in [-0.3, -0.25) is 4.79 Å². The SMILES string of the molecule is O=C(N[C@@H](Cc1ccc(N2CC(c3ccc4c(n3)NCCC4)C2)cc1)C(=O)O)c1c(Cl)cccc1Cl. The van der Waals surface area contributed by atoms with E-state index in [9.17, 15) is 14.7 Å². The number of carboxylic acids is 1. The summed E-state index contributed by atoms with van der Waals surface area (Å²) in [6.07, 6.45) is 2.37. The maximum atomic E-state index is 12.6. The Morgan fingerprint density at radius 1 is 1.08 bits per heavy atom. The summed E-state index contributed by atoms with van der Waals surface area (Å²) in [6.45, 7) is 2.75. The van der Waals surface area contributed by atoms with Gasteiger partial charge in [-0.05, 0) is 54.3 Å². The van der Waals surface area contributed by atoms with Gasteiger partial charge in [-0.15, -0.1) is 0 Å². The standard InChI is InChI=1S/C27H26Cl2N4O3/c28-20-4-1-5-21(29)24(20)26(34)32-23(27(35)36)13-16-6-9-19(10-7-16)33-14-18(15-33)22-11-8-17-3-2-12-30-25(17)31-22/h1,4-11,18,23H,2-3,12-15H2,(H,30,31)(H,32,34)(H,35,36)/t23-/m0/s1. The molecule has 9 heteroatoms. The molecule has 3 heterocycles. The van der Waals surface area contributed by atoms with Crippen LogP contribution in [0.4, 0.5) is 11.5 Å². The minimum absolute atomic E-state index is 0.0685. The van der Waals surface area contributed by atoms with Crippen molar-refractivity contribution in [1.29, 1.82) is 0 Å². The highest BCUT2D eigenvalue weighted by Gasteiger charge is 2.30. The monoisotopic (exact) mass is 524 g/mol. The topological polar surface area (TPSA) is 94.6 Å². The molecule has 0 aliphatic carbocycles. The number of halogens is 2. The lowest BCUT2D eigenvalue weighted by atomic mass is 9.93. The molecule has 1 amide bonds. The number of anilines is 2. The molecule has 186 valence electrons. The molecule has 3 N–H and O–H groups in total. The summed E-state index contributed by atoms with van der Waals surface area (Å²) in [4.78, 5) is 31.6. The zero-order chi connectivity index (χ0) is 25.2. The molecule has 0 unspecified atom stereocenters. The Balaban J connectivity index is 1.19. The van der Waals surface area contributed by atoms with Crippen LogP contribution in [-0.4, -0.2) is 47.6 Å². The summed E-state index contributed by atoms with van der Waals surface area (Å²) in [6, 6.07) is 15.7. The first-order chi connectivity index (χ1) is 17.4.